The summed E-state index contributed by atoms with van der Waals surface area (Å²) in [5.74, 6) is 1.19. The van der Waals surface area contributed by atoms with Crippen LogP contribution in [0.5, 0.6) is 5.75 Å². The number of hydrogen-bond acceptors (Lipinski definition) is 5. The number of benzene rings is 1. The van der Waals surface area contributed by atoms with Crippen LogP contribution >= 0.6 is 23.2 Å². The van der Waals surface area contributed by atoms with Gasteiger partial charge in [0.25, 0.3) is 11.7 Å². The van der Waals surface area contributed by atoms with E-state index in [0.717, 1.165) is 11.4 Å². The third kappa shape index (κ3) is 3.89. The Kier molecular flexibility index (Phi) is 5.29. The Hall–Kier alpha value is -2.38. The minimum Gasteiger partial charge on any atom is -0.479 e. The van der Waals surface area contributed by atoms with Gasteiger partial charge >= 0.3 is 0 Å². The van der Waals surface area contributed by atoms with Crippen LogP contribution in [0.2, 0.25) is 10.0 Å². The van der Waals surface area contributed by atoms with E-state index in [1.165, 1.54) is 0 Å². The van der Waals surface area contributed by atoms with Crippen LogP contribution in [0.4, 0.5) is 0 Å². The lowest BCUT2D eigenvalue weighted by Gasteiger charge is -2.15. The summed E-state index contributed by atoms with van der Waals surface area (Å²) in [6.07, 6.45) is -0.741. The highest BCUT2D eigenvalue weighted by atomic mass is 35.5. The predicted octanol–water partition coefficient (Wildman–Crippen LogP) is 3.13. The van der Waals surface area contributed by atoms with Crippen molar-refractivity contribution in [2.24, 2.45) is 0 Å². The molecule has 0 aliphatic carbocycles. The van der Waals surface area contributed by atoms with Gasteiger partial charge < -0.3 is 10.1 Å². The van der Waals surface area contributed by atoms with Gasteiger partial charge in [-0.15, -0.1) is 10.2 Å². The highest BCUT2D eigenvalue weighted by Crippen LogP contribution is 2.28. The van der Waals surface area contributed by atoms with E-state index in [1.807, 2.05) is 19.9 Å². The molecular formula is C17H17Cl2N5O2. The summed E-state index contributed by atoms with van der Waals surface area (Å²) < 4.78 is 7.40. The molecule has 0 saturated carbocycles. The minimum absolute atomic E-state index is 0.202. The number of nitrogens with one attached hydrogen (secondary N) is 1. The Morgan fingerprint density at radius 2 is 2.04 bits per heavy atom. The van der Waals surface area contributed by atoms with E-state index in [4.69, 9.17) is 27.9 Å². The fourth-order valence-corrected chi connectivity index (χ4v) is 2.99. The number of aromatic nitrogens is 4. The molecule has 1 atom stereocenters. The molecule has 136 valence electrons. The Bertz CT molecular complexity index is 973. The number of carbonyl (C=O) groups is 1. The van der Waals surface area contributed by atoms with Gasteiger partial charge in [0, 0.05) is 16.4 Å². The SMILES string of the molecule is Cc1cc(C)n2c(CNC(=O)[C@H](C)Oc3ccc(Cl)cc3Cl)nnc2n1. The fraction of sp³-hybridized carbons (Fsp3) is 0.294. The minimum atomic E-state index is -0.741. The van der Waals surface area contributed by atoms with E-state index < -0.39 is 6.10 Å². The zero-order valence-corrected chi connectivity index (χ0v) is 16.0. The summed E-state index contributed by atoms with van der Waals surface area (Å²) >= 11 is 11.9. The Morgan fingerprint density at radius 1 is 1.27 bits per heavy atom. The Balaban J connectivity index is 1.67. The highest BCUT2D eigenvalue weighted by Gasteiger charge is 2.18. The maximum atomic E-state index is 12.3. The molecule has 0 radical (unpaired) electrons. The molecule has 0 fully saturated rings. The van der Waals surface area contributed by atoms with Crippen molar-refractivity contribution in [3.8, 4) is 5.75 Å². The average molecular weight is 394 g/mol. The molecule has 0 aliphatic heterocycles. The lowest BCUT2D eigenvalue weighted by Crippen LogP contribution is -2.36. The van der Waals surface area contributed by atoms with Crippen LogP contribution in [0.3, 0.4) is 0 Å². The van der Waals surface area contributed by atoms with Crippen LogP contribution in [0.25, 0.3) is 5.78 Å². The number of hydrogen-bond donors (Lipinski definition) is 1. The number of ether oxygens (including phenoxy) is 1. The second-order valence-corrected chi connectivity index (χ2v) is 6.69. The van der Waals surface area contributed by atoms with E-state index in [9.17, 15) is 4.79 Å². The molecule has 1 N–H and O–H groups in total. The number of rotatable bonds is 5. The van der Waals surface area contributed by atoms with Crippen molar-refractivity contribution in [3.63, 3.8) is 0 Å². The molecule has 0 bridgehead atoms. The van der Waals surface area contributed by atoms with Crippen LogP contribution in [0.1, 0.15) is 24.1 Å². The molecule has 7 nitrogen and oxygen atoms in total. The number of carbonyl (C=O) groups excluding carboxylic acids is 1. The first-order valence-corrected chi connectivity index (χ1v) is 8.68. The van der Waals surface area contributed by atoms with Gasteiger partial charge in [-0.25, -0.2) is 4.98 Å². The zero-order chi connectivity index (χ0) is 18.8. The quantitative estimate of drug-likeness (QED) is 0.719. The second-order valence-electron chi connectivity index (χ2n) is 5.84. The number of fused-ring (bicyclic) bond motifs is 1. The summed E-state index contributed by atoms with van der Waals surface area (Å²) in [5, 5.41) is 11.8. The van der Waals surface area contributed by atoms with Crippen molar-refractivity contribution < 1.29 is 9.53 Å². The topological polar surface area (TPSA) is 81.4 Å². The molecule has 3 rings (SSSR count). The van der Waals surface area contributed by atoms with Crippen molar-refractivity contribution in [1.29, 1.82) is 0 Å². The molecule has 1 amide bonds. The highest BCUT2D eigenvalue weighted by molar-refractivity contribution is 6.35. The predicted molar refractivity (Wildman–Crippen MR) is 98.7 cm³/mol. The molecular weight excluding hydrogens is 377 g/mol. The van der Waals surface area contributed by atoms with Crippen LogP contribution in [-0.4, -0.2) is 31.6 Å². The number of halogens is 2. The van der Waals surface area contributed by atoms with Gasteiger partial charge in [-0.05, 0) is 45.0 Å². The molecule has 0 aliphatic rings. The van der Waals surface area contributed by atoms with E-state index in [-0.39, 0.29) is 12.5 Å². The van der Waals surface area contributed by atoms with Gasteiger partial charge in [0.15, 0.2) is 11.9 Å². The third-order valence-electron chi connectivity index (χ3n) is 3.75. The van der Waals surface area contributed by atoms with Crippen LogP contribution < -0.4 is 10.1 Å². The molecule has 0 saturated heterocycles. The van der Waals surface area contributed by atoms with Gasteiger partial charge in [-0.1, -0.05) is 23.2 Å². The van der Waals surface area contributed by atoms with Gasteiger partial charge in [-0.2, -0.15) is 0 Å². The monoisotopic (exact) mass is 393 g/mol. The van der Waals surface area contributed by atoms with Crippen molar-refractivity contribution in [1.82, 2.24) is 24.9 Å². The van der Waals surface area contributed by atoms with Crippen molar-refractivity contribution in [2.45, 2.75) is 33.4 Å². The summed E-state index contributed by atoms with van der Waals surface area (Å²) in [6, 6.07) is 6.75. The first-order valence-electron chi connectivity index (χ1n) is 7.93. The maximum Gasteiger partial charge on any atom is 0.261 e. The smallest absolute Gasteiger partial charge is 0.261 e. The van der Waals surface area contributed by atoms with E-state index in [1.54, 1.807) is 29.5 Å². The van der Waals surface area contributed by atoms with Crippen molar-refractivity contribution in [3.05, 3.63) is 51.5 Å². The molecule has 1 aromatic carbocycles. The Morgan fingerprint density at radius 3 is 2.77 bits per heavy atom. The first-order chi connectivity index (χ1) is 12.3. The number of amides is 1. The fourth-order valence-electron chi connectivity index (χ4n) is 2.54. The maximum absolute atomic E-state index is 12.3. The molecule has 0 spiro atoms. The molecule has 2 aromatic heterocycles. The van der Waals surface area contributed by atoms with Gasteiger partial charge in [0.1, 0.15) is 5.75 Å². The third-order valence-corrected chi connectivity index (χ3v) is 4.28. The molecule has 26 heavy (non-hydrogen) atoms. The summed E-state index contributed by atoms with van der Waals surface area (Å²) in [4.78, 5) is 16.6. The van der Waals surface area contributed by atoms with Crippen LogP contribution in [-0.2, 0) is 11.3 Å². The van der Waals surface area contributed by atoms with E-state index in [0.29, 0.717) is 27.4 Å². The van der Waals surface area contributed by atoms with E-state index >= 15 is 0 Å². The summed E-state index contributed by atoms with van der Waals surface area (Å²) in [6.45, 7) is 5.67. The zero-order valence-electron chi connectivity index (χ0n) is 14.5. The standard InChI is InChI=1S/C17H17Cl2N5O2/c1-9-6-10(2)24-15(22-23-17(24)21-9)8-20-16(25)11(3)26-14-5-4-12(18)7-13(14)19/h4-7,11H,8H2,1-3H3,(H,20,25)/t11-/m0/s1. The number of nitrogens with zero attached hydrogens (tertiary/aromatic N) is 4. The largest absolute Gasteiger partial charge is 0.479 e. The van der Waals surface area contributed by atoms with Crippen molar-refractivity contribution >= 4 is 34.9 Å². The van der Waals surface area contributed by atoms with Gasteiger partial charge in [0.2, 0.25) is 0 Å². The summed E-state index contributed by atoms with van der Waals surface area (Å²) in [5.41, 5.74) is 1.80. The van der Waals surface area contributed by atoms with Crippen LogP contribution in [0, 0.1) is 13.8 Å². The number of aryl methyl sites for hydroxylation is 2. The Labute approximate surface area is 160 Å². The lowest BCUT2D eigenvalue weighted by atomic mass is 10.3. The molecule has 2 heterocycles. The van der Waals surface area contributed by atoms with Gasteiger partial charge in [0.05, 0.1) is 11.6 Å². The normalized spacial score (nSPS) is 12.2. The summed E-state index contributed by atoms with van der Waals surface area (Å²) in [7, 11) is 0. The average Bonchev–Trinajstić information content (AvgIpc) is 2.98. The molecule has 3 aromatic rings. The molecule has 0 unspecified atom stereocenters. The first kappa shape index (κ1) is 18.4. The van der Waals surface area contributed by atoms with Crippen LogP contribution in [0.15, 0.2) is 24.3 Å². The lowest BCUT2D eigenvalue weighted by molar-refractivity contribution is -0.127. The molecule has 9 heteroatoms. The van der Waals surface area contributed by atoms with E-state index in [2.05, 4.69) is 20.5 Å². The van der Waals surface area contributed by atoms with Crippen molar-refractivity contribution in [2.75, 3.05) is 0 Å². The second kappa shape index (κ2) is 7.47. The van der Waals surface area contributed by atoms with Gasteiger partial charge in [-0.3, -0.25) is 9.20 Å².